The van der Waals surface area contributed by atoms with Crippen LogP contribution in [0.25, 0.3) is 0 Å². The lowest BCUT2D eigenvalue weighted by atomic mass is 10.4. The summed E-state index contributed by atoms with van der Waals surface area (Å²) < 4.78 is 0.397. The molecule has 1 N–H and O–H groups in total. The Morgan fingerprint density at radius 1 is 1.73 bits per heavy atom. The number of hydrogen-bond donors (Lipinski definition) is 1. The van der Waals surface area contributed by atoms with E-state index in [9.17, 15) is 0 Å². The van der Waals surface area contributed by atoms with Crippen molar-refractivity contribution in [2.45, 2.75) is 3.92 Å². The predicted octanol–water partition coefficient (Wildman–Crippen LogP) is 2.03. The smallest absolute Gasteiger partial charge is 0.149 e. The summed E-state index contributed by atoms with van der Waals surface area (Å²) in [5, 5.41) is 3.60. The van der Waals surface area contributed by atoms with Crippen molar-refractivity contribution in [1.29, 1.82) is 0 Å². The lowest BCUT2D eigenvalue weighted by molar-refractivity contribution is 1.04. The van der Waals surface area contributed by atoms with Gasteiger partial charge in [0.05, 0.1) is 15.8 Å². The molecule has 0 saturated heterocycles. The first kappa shape index (κ1) is 7.54. The normalized spacial score (nSPS) is 21.1. The molecule has 0 spiro atoms. The third kappa shape index (κ3) is 1.29. The van der Waals surface area contributed by atoms with E-state index in [4.69, 9.17) is 11.6 Å². The summed E-state index contributed by atoms with van der Waals surface area (Å²) >= 11 is 8.00. The summed E-state index contributed by atoms with van der Waals surface area (Å²) in [6, 6.07) is 0. The van der Waals surface area contributed by atoms with E-state index >= 15 is 0 Å². The third-order valence-corrected chi connectivity index (χ3v) is 2.73. The number of nitrogens with one attached hydrogen (secondary N) is 1. The molecule has 0 bridgehead atoms. The summed E-state index contributed by atoms with van der Waals surface area (Å²) in [6.45, 7) is 0.899. The van der Waals surface area contributed by atoms with E-state index in [0.29, 0.717) is 9.08 Å². The van der Waals surface area contributed by atoms with Crippen molar-refractivity contribution < 1.29 is 0 Å². The number of alkyl halides is 1. The second kappa shape index (κ2) is 2.75. The van der Waals surface area contributed by atoms with Crippen molar-refractivity contribution in [2.75, 3.05) is 11.9 Å². The summed E-state index contributed by atoms with van der Waals surface area (Å²) in [4.78, 5) is 8.27. The number of hydrogen-bond acceptors (Lipinski definition) is 3. The molecular formula is C6H5ClIN3. The lowest BCUT2D eigenvalue weighted by Gasteiger charge is -1.97. The molecule has 5 heteroatoms. The Morgan fingerprint density at radius 2 is 2.55 bits per heavy atom. The van der Waals surface area contributed by atoms with Crippen LogP contribution < -0.4 is 5.32 Å². The Bertz CT molecular complexity index is 291. The zero-order valence-corrected chi connectivity index (χ0v) is 8.43. The van der Waals surface area contributed by atoms with Crippen molar-refractivity contribution in [3.05, 3.63) is 17.0 Å². The first-order valence-corrected chi connectivity index (χ1v) is 4.80. The summed E-state index contributed by atoms with van der Waals surface area (Å²) in [5.74, 6) is 0.869. The van der Waals surface area contributed by atoms with Gasteiger partial charge in [-0.25, -0.2) is 9.97 Å². The molecule has 0 radical (unpaired) electrons. The van der Waals surface area contributed by atoms with Crippen molar-refractivity contribution in [3.8, 4) is 0 Å². The van der Waals surface area contributed by atoms with E-state index in [1.165, 1.54) is 0 Å². The number of rotatable bonds is 0. The van der Waals surface area contributed by atoms with Gasteiger partial charge in [-0.3, -0.25) is 0 Å². The topological polar surface area (TPSA) is 37.8 Å². The Labute approximate surface area is 82.7 Å². The van der Waals surface area contributed by atoms with Gasteiger partial charge in [0, 0.05) is 6.54 Å². The molecule has 1 unspecified atom stereocenters. The summed E-state index contributed by atoms with van der Waals surface area (Å²) in [7, 11) is 0. The van der Waals surface area contributed by atoms with Gasteiger partial charge in [-0.15, -0.1) is 0 Å². The molecule has 1 aromatic rings. The van der Waals surface area contributed by atoms with E-state index in [0.717, 1.165) is 18.1 Å². The Balaban J connectivity index is 2.52. The molecule has 58 valence electrons. The van der Waals surface area contributed by atoms with Crippen LogP contribution in [-0.4, -0.2) is 16.5 Å². The molecule has 1 aliphatic heterocycles. The highest BCUT2D eigenvalue weighted by molar-refractivity contribution is 14.1. The largest absolute Gasteiger partial charge is 0.367 e. The zero-order chi connectivity index (χ0) is 7.84. The Hall–Kier alpha value is -0.100. The van der Waals surface area contributed by atoms with E-state index in [-0.39, 0.29) is 0 Å². The number of anilines is 1. The van der Waals surface area contributed by atoms with Crippen molar-refractivity contribution >= 4 is 40.0 Å². The maximum absolute atomic E-state index is 5.68. The first-order chi connectivity index (χ1) is 5.27. The SMILES string of the molecule is Clc1cnc2c(n1)C(I)CN2. The van der Waals surface area contributed by atoms with Gasteiger partial charge in [-0.2, -0.15) is 0 Å². The van der Waals surface area contributed by atoms with Gasteiger partial charge in [0.2, 0.25) is 0 Å². The van der Waals surface area contributed by atoms with Gasteiger partial charge < -0.3 is 5.32 Å². The van der Waals surface area contributed by atoms with E-state index in [2.05, 4.69) is 37.9 Å². The summed E-state index contributed by atoms with van der Waals surface area (Å²) in [5.41, 5.74) is 0.970. The maximum atomic E-state index is 5.68. The minimum atomic E-state index is 0.397. The highest BCUT2D eigenvalue weighted by Crippen LogP contribution is 2.33. The molecular weight excluding hydrogens is 276 g/mol. The van der Waals surface area contributed by atoms with Gasteiger partial charge in [-0.1, -0.05) is 34.2 Å². The zero-order valence-electron chi connectivity index (χ0n) is 5.51. The fraction of sp³-hybridized carbons (Fsp3) is 0.333. The number of halogens is 2. The molecule has 2 heterocycles. The molecule has 0 fully saturated rings. The number of fused-ring (bicyclic) bond motifs is 1. The van der Waals surface area contributed by atoms with Gasteiger partial charge in [0.1, 0.15) is 11.0 Å². The van der Waals surface area contributed by atoms with Gasteiger partial charge in [0.25, 0.3) is 0 Å². The van der Waals surface area contributed by atoms with Gasteiger partial charge in [0.15, 0.2) is 0 Å². The standard InChI is InChI=1S/C6H5ClIN3/c7-4-2-10-6-5(11-4)3(8)1-9-6/h2-3H,1H2,(H,9,10). The first-order valence-electron chi connectivity index (χ1n) is 3.18. The van der Waals surface area contributed by atoms with Crippen LogP contribution in [0.1, 0.15) is 9.62 Å². The predicted molar refractivity (Wildman–Crippen MR) is 52.3 cm³/mol. The minimum Gasteiger partial charge on any atom is -0.367 e. The second-order valence-electron chi connectivity index (χ2n) is 2.28. The number of nitrogens with zero attached hydrogens (tertiary/aromatic N) is 2. The third-order valence-electron chi connectivity index (χ3n) is 1.52. The van der Waals surface area contributed by atoms with Crippen LogP contribution in [0.4, 0.5) is 5.82 Å². The molecule has 11 heavy (non-hydrogen) atoms. The van der Waals surface area contributed by atoms with E-state index in [1.54, 1.807) is 6.20 Å². The lowest BCUT2D eigenvalue weighted by Crippen LogP contribution is -1.94. The van der Waals surface area contributed by atoms with Gasteiger partial charge in [-0.05, 0) is 0 Å². The minimum absolute atomic E-state index is 0.397. The number of aromatic nitrogens is 2. The van der Waals surface area contributed by atoms with Crippen LogP contribution in [0.2, 0.25) is 5.15 Å². The van der Waals surface area contributed by atoms with Crippen molar-refractivity contribution in [1.82, 2.24) is 9.97 Å². The molecule has 0 amide bonds. The molecule has 2 rings (SSSR count). The van der Waals surface area contributed by atoms with Crippen LogP contribution in [0, 0.1) is 0 Å². The molecule has 1 aromatic heterocycles. The average Bonchev–Trinajstić information content (AvgIpc) is 2.33. The molecule has 0 saturated carbocycles. The Kier molecular flexibility index (Phi) is 1.88. The fourth-order valence-corrected chi connectivity index (χ4v) is 1.81. The van der Waals surface area contributed by atoms with Crippen LogP contribution >= 0.6 is 34.2 Å². The van der Waals surface area contributed by atoms with Crippen LogP contribution in [0.5, 0.6) is 0 Å². The summed E-state index contributed by atoms with van der Waals surface area (Å²) in [6.07, 6.45) is 1.56. The van der Waals surface area contributed by atoms with Crippen LogP contribution in [-0.2, 0) is 0 Å². The molecule has 3 nitrogen and oxygen atoms in total. The maximum Gasteiger partial charge on any atom is 0.149 e. The molecule has 1 atom stereocenters. The fourth-order valence-electron chi connectivity index (χ4n) is 1.02. The highest BCUT2D eigenvalue weighted by atomic mass is 127. The van der Waals surface area contributed by atoms with Crippen LogP contribution in [0.3, 0.4) is 0 Å². The molecule has 1 aliphatic rings. The van der Waals surface area contributed by atoms with Crippen LogP contribution in [0.15, 0.2) is 6.20 Å². The average molecular weight is 281 g/mol. The van der Waals surface area contributed by atoms with Gasteiger partial charge >= 0.3 is 0 Å². The van der Waals surface area contributed by atoms with E-state index in [1.807, 2.05) is 0 Å². The second-order valence-corrected chi connectivity index (χ2v) is 4.17. The highest BCUT2D eigenvalue weighted by Gasteiger charge is 2.22. The quantitative estimate of drug-likeness (QED) is 0.584. The monoisotopic (exact) mass is 281 g/mol. The Morgan fingerprint density at radius 3 is 3.36 bits per heavy atom. The molecule has 0 aliphatic carbocycles. The molecule has 0 aromatic carbocycles. The van der Waals surface area contributed by atoms with Crippen molar-refractivity contribution in [2.24, 2.45) is 0 Å². The van der Waals surface area contributed by atoms with E-state index < -0.39 is 0 Å². The van der Waals surface area contributed by atoms with Crippen molar-refractivity contribution in [3.63, 3.8) is 0 Å².